The number of hydrogen-bond acceptors (Lipinski definition) is 7. The Morgan fingerprint density at radius 2 is 1.49 bits per heavy atom. The van der Waals surface area contributed by atoms with Gasteiger partial charge in [-0.1, -0.05) is 108 Å². The van der Waals surface area contributed by atoms with Crippen molar-refractivity contribution in [1.29, 1.82) is 0 Å². The number of aromatic nitrogens is 3. The number of hydrogen-bond donors (Lipinski definition) is 2. The molecule has 11 nitrogen and oxygen atoms in total. The number of nitrogens with zero attached hydrogens (tertiary/aromatic N) is 5. The summed E-state index contributed by atoms with van der Waals surface area (Å²) in [7, 11) is 6.41. The number of amides is 1. The molecule has 14 heteroatoms. The number of likely N-dealkylation sites (tertiary alicyclic amines) is 1. The zero-order valence-corrected chi connectivity index (χ0v) is 41.7. The number of halogens is 3. The van der Waals surface area contributed by atoms with E-state index in [-0.39, 0.29) is 23.7 Å². The minimum absolute atomic E-state index is 0.0156. The molecule has 1 aliphatic carbocycles. The van der Waals surface area contributed by atoms with Gasteiger partial charge >= 0.3 is 12.3 Å². The lowest BCUT2D eigenvalue weighted by atomic mass is 9.81. The second-order valence-corrected chi connectivity index (χ2v) is 21.3. The van der Waals surface area contributed by atoms with Crippen LogP contribution in [-0.2, 0) is 29.1 Å². The molecule has 1 saturated heterocycles. The first-order valence-corrected chi connectivity index (χ1v) is 26.2. The van der Waals surface area contributed by atoms with Crippen LogP contribution in [0.5, 0.6) is 11.5 Å². The third kappa shape index (κ3) is 18.0. The topological polar surface area (TPSA) is 119 Å². The summed E-state index contributed by atoms with van der Waals surface area (Å²) in [5, 5.41) is 21.6. The van der Waals surface area contributed by atoms with E-state index >= 15 is 0 Å². The second-order valence-electron chi connectivity index (χ2n) is 21.3. The van der Waals surface area contributed by atoms with Crippen molar-refractivity contribution in [2.45, 2.75) is 180 Å². The molecule has 2 aromatic carbocycles. The van der Waals surface area contributed by atoms with Gasteiger partial charge in [-0.25, -0.2) is 0 Å². The van der Waals surface area contributed by atoms with Gasteiger partial charge in [0.2, 0.25) is 5.91 Å². The number of aryl methyl sites for hydroxylation is 2. The lowest BCUT2D eigenvalue weighted by Crippen LogP contribution is -2.41. The number of benzene rings is 2. The number of fused-ring (bicyclic) bond motifs is 1. The molecule has 3 aromatic rings. The van der Waals surface area contributed by atoms with Gasteiger partial charge in [-0.15, -0.1) is 18.3 Å². The maximum absolute atomic E-state index is 13.6. The van der Waals surface area contributed by atoms with Crippen LogP contribution in [0.1, 0.15) is 164 Å². The van der Waals surface area contributed by atoms with Gasteiger partial charge in [-0.3, -0.25) is 19.2 Å². The average molecular weight is 952 g/mol. The smallest absolute Gasteiger partial charge is 0.490 e. The van der Waals surface area contributed by atoms with E-state index in [9.17, 15) is 27.9 Å². The highest BCUT2D eigenvalue weighted by atomic mass is 19.4. The van der Waals surface area contributed by atoms with E-state index in [1.54, 1.807) is 12.1 Å². The Balaban J connectivity index is 0.851. The van der Waals surface area contributed by atoms with Gasteiger partial charge in [0.1, 0.15) is 23.3 Å². The molecule has 2 N–H and O–H groups in total. The van der Waals surface area contributed by atoms with E-state index < -0.39 is 18.2 Å². The Kier molecular flexibility index (Phi) is 20.5. The lowest BCUT2D eigenvalue weighted by Gasteiger charge is -2.38. The molecule has 0 radical (unpaired) electrons. The Bertz CT molecular complexity index is 2010. The number of carboxylic acid groups (broad SMARTS) is 1. The number of carbonyl (C=O) groups is 2. The molecule has 1 aromatic heterocycles. The maximum atomic E-state index is 13.6. The van der Waals surface area contributed by atoms with Crippen molar-refractivity contribution in [2.24, 2.45) is 17.8 Å². The highest BCUT2D eigenvalue weighted by molar-refractivity contribution is 5.75. The third-order valence-electron chi connectivity index (χ3n) is 14.6. The summed E-state index contributed by atoms with van der Waals surface area (Å²) >= 11 is 0. The van der Waals surface area contributed by atoms with Gasteiger partial charge in [-0.2, -0.15) is 0 Å². The average Bonchev–Trinajstić information content (AvgIpc) is 4.02. The Morgan fingerprint density at radius 1 is 0.853 bits per heavy atom. The van der Waals surface area contributed by atoms with Crippen molar-refractivity contribution in [3.63, 3.8) is 0 Å². The summed E-state index contributed by atoms with van der Waals surface area (Å²) in [6, 6.07) is 11.1. The minimum atomic E-state index is -4.80. The van der Waals surface area contributed by atoms with Crippen LogP contribution in [0.25, 0.3) is 11.3 Å². The molecular formula is C54H82F3N6O5+. The summed E-state index contributed by atoms with van der Waals surface area (Å²) in [5.41, 5.74) is 4.02. The highest BCUT2D eigenvalue weighted by Gasteiger charge is 2.40. The molecule has 378 valence electrons. The lowest BCUT2D eigenvalue weighted by molar-refractivity contribution is -0.869. The molecule has 2 aliphatic heterocycles. The van der Waals surface area contributed by atoms with Crippen molar-refractivity contribution in [1.82, 2.24) is 25.2 Å². The monoisotopic (exact) mass is 952 g/mol. The number of alkyl halides is 3. The Morgan fingerprint density at radius 3 is 2.09 bits per heavy atom. The van der Waals surface area contributed by atoms with E-state index in [2.05, 4.69) is 64.6 Å². The number of quaternary nitrogens is 1. The fourth-order valence-electron chi connectivity index (χ4n) is 10.4. The van der Waals surface area contributed by atoms with Gasteiger partial charge in [0.05, 0.1) is 46.3 Å². The highest BCUT2D eigenvalue weighted by Crippen LogP contribution is 2.48. The molecule has 3 atom stereocenters. The maximum Gasteiger partial charge on any atom is 0.573 e. The molecule has 3 aliphatic rings. The molecule has 6 rings (SSSR count). The van der Waals surface area contributed by atoms with Gasteiger partial charge in [0, 0.05) is 30.6 Å². The molecule has 68 heavy (non-hydrogen) atoms. The number of ether oxygens (including phenoxy) is 2. The van der Waals surface area contributed by atoms with Crippen LogP contribution in [0.2, 0.25) is 0 Å². The van der Waals surface area contributed by atoms with Crippen LogP contribution < -0.4 is 14.8 Å². The summed E-state index contributed by atoms with van der Waals surface area (Å²) in [5.74, 6) is 0.356. The number of unbranched alkanes of at least 4 members (excludes halogenated alkanes) is 14. The fourth-order valence-corrected chi connectivity index (χ4v) is 10.4. The van der Waals surface area contributed by atoms with Crippen molar-refractivity contribution in [3.8, 4) is 22.8 Å². The van der Waals surface area contributed by atoms with Crippen molar-refractivity contribution >= 4 is 11.9 Å². The third-order valence-corrected chi connectivity index (χ3v) is 14.6. The Labute approximate surface area is 404 Å². The predicted octanol–water partition coefficient (Wildman–Crippen LogP) is 11.7. The zero-order chi connectivity index (χ0) is 48.5. The minimum Gasteiger partial charge on any atom is -0.490 e. The van der Waals surface area contributed by atoms with Crippen LogP contribution in [0.3, 0.4) is 0 Å². The normalized spacial score (nSPS) is 17.9. The molecule has 1 saturated carbocycles. The van der Waals surface area contributed by atoms with E-state index in [4.69, 9.17) is 4.74 Å². The number of carbonyl (C=O) groups excluding carboxylic acids is 1. The van der Waals surface area contributed by atoms with Crippen LogP contribution in [0, 0.1) is 17.8 Å². The molecule has 0 bridgehead atoms. The van der Waals surface area contributed by atoms with Crippen molar-refractivity contribution < 1.29 is 41.8 Å². The van der Waals surface area contributed by atoms with Gasteiger partial charge in [0.15, 0.2) is 0 Å². The quantitative estimate of drug-likeness (QED) is 0.0501. The van der Waals surface area contributed by atoms with E-state index in [0.717, 1.165) is 118 Å². The second kappa shape index (κ2) is 26.2. The van der Waals surface area contributed by atoms with Crippen LogP contribution in [0.4, 0.5) is 13.2 Å². The molecule has 0 spiro atoms. The fraction of sp³-hybridized carbons (Fsp3) is 0.704. The van der Waals surface area contributed by atoms with Crippen molar-refractivity contribution in [3.05, 3.63) is 59.3 Å². The molecular weight excluding hydrogens is 870 g/mol. The van der Waals surface area contributed by atoms with Gasteiger partial charge in [-0.05, 0) is 118 Å². The van der Waals surface area contributed by atoms with E-state index in [1.165, 1.54) is 76.7 Å². The molecule has 0 unspecified atom stereocenters. The number of carboxylic acids is 1. The largest absolute Gasteiger partial charge is 0.573 e. The number of nitrogens with one attached hydrogen (secondary N) is 1. The van der Waals surface area contributed by atoms with Crippen molar-refractivity contribution in [2.75, 3.05) is 47.3 Å². The first-order valence-electron chi connectivity index (χ1n) is 26.2. The van der Waals surface area contributed by atoms with Crippen LogP contribution >= 0.6 is 0 Å². The van der Waals surface area contributed by atoms with Crippen LogP contribution in [-0.4, -0.2) is 101 Å². The standard InChI is InChI=1S/C54H81F3N6O5/c1-40(53(65)66)52(43-22-23-43)45-24-21-41-25-27-48(67-50(41)37-45)42-29-33-61(34-30-42)38-46-36-44(26-28-49(46)68-54(55,56)57)47-39-62(60-59-47)32-19-17-15-13-11-9-7-5-6-8-10-12-14-16-18-20-51(64)58-31-35-63(2,3)4/h21,24,26,28,36-37,39-40,42-43,48,52H,5-20,22-23,25,27,29-35,38H2,1-4H3,(H-,58,64,65,66)/p+1/t40-,48+,52-/m0/s1. The first-order chi connectivity index (χ1) is 32.6. The summed E-state index contributed by atoms with van der Waals surface area (Å²) in [6.07, 6.45) is 21.7. The summed E-state index contributed by atoms with van der Waals surface area (Å²) in [4.78, 5) is 26.1. The van der Waals surface area contributed by atoms with Gasteiger partial charge < -0.3 is 24.4 Å². The van der Waals surface area contributed by atoms with Crippen LogP contribution in [0.15, 0.2) is 42.6 Å². The first kappa shape index (κ1) is 53.2. The molecule has 1 amide bonds. The summed E-state index contributed by atoms with van der Waals surface area (Å²) in [6.45, 7) is 6.04. The Hall–Kier alpha value is -4.17. The number of piperidine rings is 1. The van der Waals surface area contributed by atoms with E-state index in [1.807, 2.05) is 17.8 Å². The number of likely N-dealkylation sites (N-methyl/N-ethyl adjacent to an activating group) is 1. The SMILES string of the molecule is C[C@H](C(=O)O)[C@H](c1ccc2c(c1)O[C@@H](C1CCN(Cc3cc(-c4cn(CCCCCCCCCCCCCCCCCC(=O)NCC[N+](C)(C)C)nn4)ccc3OC(F)(F)F)CC1)CC2)C1CC1. The zero-order valence-electron chi connectivity index (χ0n) is 41.7. The number of aliphatic carboxylic acids is 1. The summed E-state index contributed by atoms with van der Waals surface area (Å²) < 4.78 is 54.6. The molecule has 2 fully saturated rings. The molecule has 3 heterocycles. The van der Waals surface area contributed by atoms with Gasteiger partial charge in [0.25, 0.3) is 0 Å². The van der Waals surface area contributed by atoms with E-state index in [0.29, 0.717) is 41.6 Å². The number of rotatable bonds is 30. The predicted molar refractivity (Wildman–Crippen MR) is 261 cm³/mol.